The van der Waals surface area contributed by atoms with E-state index in [-0.39, 0.29) is 24.8 Å². The molecule has 0 saturated carbocycles. The average molecular weight is 236 g/mol. The number of benzene rings is 1. The molecule has 0 heterocycles. The van der Waals surface area contributed by atoms with Gasteiger partial charge in [0.1, 0.15) is 24.7 Å². The fourth-order valence-electron chi connectivity index (χ4n) is 1.36. The third-order valence-corrected chi connectivity index (χ3v) is 2.08. The van der Waals surface area contributed by atoms with Gasteiger partial charge in [-0.1, -0.05) is 12.1 Å². The monoisotopic (exact) mass is 236 g/mol. The Hall–Kier alpha value is -1.68. The van der Waals surface area contributed by atoms with Crippen LogP contribution in [0.15, 0.2) is 24.3 Å². The van der Waals surface area contributed by atoms with Gasteiger partial charge in [-0.2, -0.15) is 0 Å². The van der Waals surface area contributed by atoms with Crippen LogP contribution >= 0.6 is 0 Å². The lowest BCUT2D eigenvalue weighted by Crippen LogP contribution is -2.16. The molecule has 4 nitrogen and oxygen atoms in total. The highest BCUT2D eigenvalue weighted by atomic mass is 16.5. The second-order valence-electron chi connectivity index (χ2n) is 3.78. The number of hydrogen-bond donors (Lipinski definition) is 0. The van der Waals surface area contributed by atoms with Crippen LogP contribution in [0.4, 0.5) is 0 Å². The molecule has 0 unspecified atom stereocenters. The van der Waals surface area contributed by atoms with Crippen molar-refractivity contribution < 1.29 is 19.1 Å². The molecule has 0 radical (unpaired) electrons. The van der Waals surface area contributed by atoms with Crippen LogP contribution in [-0.4, -0.2) is 31.9 Å². The zero-order chi connectivity index (χ0) is 12.7. The maximum atomic E-state index is 11.1. The normalized spacial score (nSPS) is 10.0. The number of ketones is 2. The molecule has 92 valence electrons. The summed E-state index contributed by atoms with van der Waals surface area (Å²) in [5, 5.41) is 0. The Kier molecular flexibility index (Phi) is 5.36. The lowest BCUT2D eigenvalue weighted by molar-refractivity contribution is -0.124. The Morgan fingerprint density at radius 1 is 1.12 bits per heavy atom. The summed E-state index contributed by atoms with van der Waals surface area (Å²) in [6.07, 6.45) is 0.420. The van der Waals surface area contributed by atoms with E-state index in [1.807, 2.05) is 12.1 Å². The molecule has 1 rings (SSSR count). The molecular weight excluding hydrogens is 220 g/mol. The van der Waals surface area contributed by atoms with Crippen molar-refractivity contribution in [2.75, 3.05) is 20.3 Å². The standard InChI is InChI=1S/C13H16O4/c1-10(14)7-11-3-5-13(6-4-11)17-9-12(15)8-16-2/h3-6H,7-9H2,1-2H3. The zero-order valence-electron chi connectivity index (χ0n) is 10.1. The van der Waals surface area contributed by atoms with Gasteiger partial charge in [0.05, 0.1) is 0 Å². The van der Waals surface area contributed by atoms with E-state index in [4.69, 9.17) is 4.74 Å². The van der Waals surface area contributed by atoms with Crippen LogP contribution < -0.4 is 4.74 Å². The molecule has 0 aromatic heterocycles. The molecule has 1 aromatic carbocycles. The van der Waals surface area contributed by atoms with E-state index in [2.05, 4.69) is 4.74 Å². The zero-order valence-corrected chi connectivity index (χ0v) is 10.1. The van der Waals surface area contributed by atoms with Crippen LogP contribution in [0.2, 0.25) is 0 Å². The number of carbonyl (C=O) groups is 2. The fraction of sp³-hybridized carbons (Fsp3) is 0.385. The number of rotatable bonds is 7. The van der Waals surface area contributed by atoms with E-state index >= 15 is 0 Å². The van der Waals surface area contributed by atoms with Crippen LogP contribution in [0.1, 0.15) is 12.5 Å². The SMILES string of the molecule is COCC(=O)COc1ccc(CC(C)=O)cc1. The van der Waals surface area contributed by atoms with Crippen molar-refractivity contribution in [1.29, 1.82) is 0 Å². The predicted molar refractivity (Wildman–Crippen MR) is 63.2 cm³/mol. The van der Waals surface area contributed by atoms with E-state index in [0.717, 1.165) is 5.56 Å². The molecule has 0 spiro atoms. The summed E-state index contributed by atoms with van der Waals surface area (Å²) >= 11 is 0. The molecule has 1 aromatic rings. The van der Waals surface area contributed by atoms with Crippen molar-refractivity contribution in [3.8, 4) is 5.75 Å². The van der Waals surface area contributed by atoms with Crippen molar-refractivity contribution in [3.05, 3.63) is 29.8 Å². The maximum Gasteiger partial charge on any atom is 0.195 e. The van der Waals surface area contributed by atoms with Crippen molar-refractivity contribution in [2.45, 2.75) is 13.3 Å². The first-order chi connectivity index (χ1) is 8.11. The smallest absolute Gasteiger partial charge is 0.195 e. The van der Waals surface area contributed by atoms with Crippen molar-refractivity contribution in [3.63, 3.8) is 0 Å². The number of methoxy groups -OCH3 is 1. The Morgan fingerprint density at radius 3 is 2.29 bits per heavy atom. The summed E-state index contributed by atoms with van der Waals surface area (Å²) in [4.78, 5) is 22.0. The van der Waals surface area contributed by atoms with Gasteiger partial charge in [0.25, 0.3) is 0 Å². The molecule has 4 heteroatoms. The van der Waals surface area contributed by atoms with Gasteiger partial charge in [-0.25, -0.2) is 0 Å². The Balaban J connectivity index is 2.45. The molecule has 0 amide bonds. The number of carbonyl (C=O) groups excluding carboxylic acids is 2. The van der Waals surface area contributed by atoms with E-state index in [0.29, 0.717) is 12.2 Å². The van der Waals surface area contributed by atoms with Gasteiger partial charge in [0.15, 0.2) is 5.78 Å². The maximum absolute atomic E-state index is 11.1. The van der Waals surface area contributed by atoms with E-state index < -0.39 is 0 Å². The van der Waals surface area contributed by atoms with Gasteiger partial charge in [-0.3, -0.25) is 9.59 Å². The van der Waals surface area contributed by atoms with Gasteiger partial charge < -0.3 is 9.47 Å². The third-order valence-electron chi connectivity index (χ3n) is 2.08. The van der Waals surface area contributed by atoms with E-state index in [1.54, 1.807) is 19.1 Å². The summed E-state index contributed by atoms with van der Waals surface area (Å²) < 4.78 is 9.95. The second kappa shape index (κ2) is 6.81. The van der Waals surface area contributed by atoms with Crippen molar-refractivity contribution in [1.82, 2.24) is 0 Å². The minimum Gasteiger partial charge on any atom is -0.486 e. The first-order valence-corrected chi connectivity index (χ1v) is 5.33. The summed E-state index contributed by atoms with van der Waals surface area (Å²) in [5.41, 5.74) is 0.938. The van der Waals surface area contributed by atoms with Crippen LogP contribution in [0.3, 0.4) is 0 Å². The topological polar surface area (TPSA) is 52.6 Å². The molecular formula is C13H16O4. The second-order valence-corrected chi connectivity index (χ2v) is 3.78. The third kappa shape index (κ3) is 5.26. The molecule has 0 fully saturated rings. The highest BCUT2D eigenvalue weighted by Gasteiger charge is 2.03. The van der Waals surface area contributed by atoms with Gasteiger partial charge >= 0.3 is 0 Å². The predicted octanol–water partition coefficient (Wildman–Crippen LogP) is 1.41. The van der Waals surface area contributed by atoms with Gasteiger partial charge in [-0.15, -0.1) is 0 Å². The average Bonchev–Trinajstić information content (AvgIpc) is 2.28. The fourth-order valence-corrected chi connectivity index (χ4v) is 1.36. The van der Waals surface area contributed by atoms with E-state index in [9.17, 15) is 9.59 Å². The molecule has 0 aliphatic rings. The minimum absolute atomic E-state index is 0.000104. The van der Waals surface area contributed by atoms with Crippen molar-refractivity contribution in [2.24, 2.45) is 0 Å². The summed E-state index contributed by atoms with van der Waals surface area (Å²) in [6.45, 7) is 1.61. The molecule has 17 heavy (non-hydrogen) atoms. The van der Waals surface area contributed by atoms with Crippen LogP contribution in [0.5, 0.6) is 5.75 Å². The van der Waals surface area contributed by atoms with E-state index in [1.165, 1.54) is 7.11 Å². The highest BCUT2D eigenvalue weighted by molar-refractivity contribution is 5.81. The Bertz CT molecular complexity index is 381. The summed E-state index contributed by atoms with van der Waals surface area (Å²) in [6, 6.07) is 7.13. The summed E-state index contributed by atoms with van der Waals surface area (Å²) in [7, 11) is 1.47. The first-order valence-electron chi connectivity index (χ1n) is 5.33. The van der Waals surface area contributed by atoms with Crippen molar-refractivity contribution >= 4 is 11.6 Å². The number of Topliss-reactive ketones (excluding diaryl/α,β-unsaturated/α-hetero) is 2. The molecule has 0 N–H and O–H groups in total. The highest BCUT2D eigenvalue weighted by Crippen LogP contribution is 2.12. The van der Waals surface area contributed by atoms with Crippen LogP contribution in [0.25, 0.3) is 0 Å². The largest absolute Gasteiger partial charge is 0.486 e. The van der Waals surface area contributed by atoms with Gasteiger partial charge in [0.2, 0.25) is 0 Å². The number of ether oxygens (including phenoxy) is 2. The van der Waals surface area contributed by atoms with Gasteiger partial charge in [-0.05, 0) is 24.6 Å². The number of hydrogen-bond acceptors (Lipinski definition) is 4. The quantitative estimate of drug-likeness (QED) is 0.718. The molecule has 0 atom stereocenters. The molecule has 0 aliphatic carbocycles. The summed E-state index contributed by atoms with van der Waals surface area (Å²) in [5.74, 6) is 0.621. The van der Waals surface area contributed by atoms with Crippen LogP contribution in [0, 0.1) is 0 Å². The van der Waals surface area contributed by atoms with Crippen LogP contribution in [-0.2, 0) is 20.7 Å². The Labute approximate surface area is 101 Å². The van der Waals surface area contributed by atoms with Gasteiger partial charge in [0, 0.05) is 13.5 Å². The first kappa shape index (κ1) is 13.4. The Morgan fingerprint density at radius 2 is 1.76 bits per heavy atom. The molecule has 0 bridgehead atoms. The molecule has 0 saturated heterocycles. The molecule has 0 aliphatic heterocycles. The lowest BCUT2D eigenvalue weighted by Gasteiger charge is -2.05. The lowest BCUT2D eigenvalue weighted by atomic mass is 10.1. The minimum atomic E-state index is -0.111.